The average molecular weight is 718 g/mol. The molecule has 0 aliphatic heterocycles. The second kappa shape index (κ2) is 15.3. The van der Waals surface area contributed by atoms with Crippen LogP contribution >= 0.6 is 0 Å². The number of hydrogen-bond acceptors (Lipinski definition) is 6. The van der Waals surface area contributed by atoms with E-state index in [9.17, 15) is 24.6 Å². The number of nitrogens with one attached hydrogen (secondary N) is 3. The molecule has 9 heteroatoms. The molecule has 3 amide bonds. The third-order valence-electron chi connectivity index (χ3n) is 14.1. The zero-order valence-corrected chi connectivity index (χ0v) is 32.3. The molecule has 0 unspecified atom stereocenters. The zero-order valence-electron chi connectivity index (χ0n) is 32.3. The monoisotopic (exact) mass is 717 g/mol. The van der Waals surface area contributed by atoms with Crippen molar-refractivity contribution in [3.05, 3.63) is 42.5 Å². The van der Waals surface area contributed by atoms with Crippen LogP contribution in [0.15, 0.2) is 42.5 Å². The fourth-order valence-electron chi connectivity index (χ4n) is 11.4. The third-order valence-corrected chi connectivity index (χ3v) is 14.1. The van der Waals surface area contributed by atoms with Crippen LogP contribution in [0.5, 0.6) is 0 Å². The number of hydrogen-bond donors (Lipinski definition) is 5. The van der Waals surface area contributed by atoms with Crippen molar-refractivity contribution in [1.82, 2.24) is 10.6 Å². The normalized spacial score (nSPS) is 34.7. The Morgan fingerprint density at radius 3 is 2.44 bits per heavy atom. The number of carbonyl (C=O) groups is 3. The van der Waals surface area contributed by atoms with Gasteiger partial charge in [0, 0.05) is 36.5 Å². The summed E-state index contributed by atoms with van der Waals surface area (Å²) in [4.78, 5) is 37.9. The van der Waals surface area contributed by atoms with Crippen LogP contribution in [0.3, 0.4) is 0 Å². The van der Waals surface area contributed by atoms with E-state index in [2.05, 4.69) is 48.9 Å². The summed E-state index contributed by atoms with van der Waals surface area (Å²) in [5.74, 6) is 1.51. The summed E-state index contributed by atoms with van der Waals surface area (Å²) in [5.41, 5.74) is 0.00292. The highest BCUT2D eigenvalue weighted by Gasteiger charge is 2.65. The Bertz CT molecular complexity index is 1600. The maximum Gasteiger partial charge on any atom is 0.407 e. The number of aliphatic hydroxyl groups excluding tert-OH is 2. The Balaban J connectivity index is 1.02. The number of ether oxygens (including phenoxy) is 1. The van der Waals surface area contributed by atoms with Crippen LogP contribution in [-0.2, 0) is 14.3 Å². The Hall–Kier alpha value is -3.17. The number of carbonyl (C=O) groups excluding carboxylic acids is 3. The van der Waals surface area contributed by atoms with Gasteiger partial charge in [0.25, 0.3) is 0 Å². The first-order chi connectivity index (χ1) is 24.6. The number of rotatable bonds is 10. The van der Waals surface area contributed by atoms with Crippen LogP contribution in [0.2, 0.25) is 0 Å². The molecule has 286 valence electrons. The first-order valence-corrected chi connectivity index (χ1v) is 20.0. The van der Waals surface area contributed by atoms with Crippen molar-refractivity contribution in [2.24, 2.45) is 46.3 Å². The summed E-state index contributed by atoms with van der Waals surface area (Å²) in [5, 5.41) is 35.2. The Morgan fingerprint density at radius 1 is 0.923 bits per heavy atom. The number of anilines is 1. The van der Waals surface area contributed by atoms with Gasteiger partial charge in [-0.1, -0.05) is 57.2 Å². The van der Waals surface area contributed by atoms with Gasteiger partial charge in [-0.25, -0.2) is 4.79 Å². The lowest BCUT2D eigenvalue weighted by atomic mass is 9.43. The second-order valence-electron chi connectivity index (χ2n) is 18.3. The van der Waals surface area contributed by atoms with Crippen molar-refractivity contribution in [1.29, 1.82) is 0 Å². The molecule has 6 rings (SSSR count). The predicted molar refractivity (Wildman–Crippen MR) is 204 cm³/mol. The molecule has 0 bridgehead atoms. The quantitative estimate of drug-likeness (QED) is 0.161. The van der Waals surface area contributed by atoms with E-state index < -0.39 is 23.9 Å². The smallest absolute Gasteiger partial charge is 0.407 e. The van der Waals surface area contributed by atoms with E-state index >= 15 is 0 Å². The Morgan fingerprint density at radius 2 is 1.67 bits per heavy atom. The summed E-state index contributed by atoms with van der Waals surface area (Å²) in [6, 6.07) is 14.1. The van der Waals surface area contributed by atoms with Crippen molar-refractivity contribution in [2.75, 3.05) is 11.9 Å². The van der Waals surface area contributed by atoms with Gasteiger partial charge in [0.15, 0.2) is 0 Å². The van der Waals surface area contributed by atoms with Gasteiger partial charge in [0.2, 0.25) is 11.8 Å². The molecule has 4 saturated carbocycles. The largest absolute Gasteiger partial charge is 0.444 e. The summed E-state index contributed by atoms with van der Waals surface area (Å²) >= 11 is 0. The molecule has 0 heterocycles. The van der Waals surface area contributed by atoms with E-state index in [0.29, 0.717) is 38.1 Å². The summed E-state index contributed by atoms with van der Waals surface area (Å²) in [6.45, 7) is 12.8. The molecule has 11 atom stereocenters. The summed E-state index contributed by atoms with van der Waals surface area (Å²) < 4.78 is 5.27. The number of amides is 3. The maximum atomic E-state index is 13.2. The van der Waals surface area contributed by atoms with Gasteiger partial charge >= 0.3 is 6.09 Å². The standard InChI is InChI=1S/C43H63N3O6/c1-26(16-19-38(50)46-34-14-9-12-27-11-7-8-13-30(27)34)31-17-18-32-39-33(25-36(48)43(31,32)6)42(5)21-20-29(23-28(42)24-35(39)47)45-37(49)15-10-22-44-40(51)52-41(2,3)4/h7-9,11-14,26,28-29,31-33,35-36,39,47-48H,10,15-25H2,1-6H3,(H,44,51)(H,45,49)(H,46,50)/t26-,28+,29-,31-,32+,33+,35-,36+,39+,42+,43-/m1/s1. The van der Waals surface area contributed by atoms with Gasteiger partial charge in [0.1, 0.15) is 5.60 Å². The Kier molecular flexibility index (Phi) is 11.3. The van der Waals surface area contributed by atoms with E-state index in [1.54, 1.807) is 0 Å². The molecule has 5 N–H and O–H groups in total. The lowest BCUT2D eigenvalue weighted by molar-refractivity contribution is -0.202. The molecule has 2 aromatic carbocycles. The first-order valence-electron chi connectivity index (χ1n) is 20.0. The topological polar surface area (TPSA) is 137 Å². The van der Waals surface area contributed by atoms with Crippen LogP contribution in [0.25, 0.3) is 10.8 Å². The fraction of sp³-hybridized carbons (Fsp3) is 0.698. The van der Waals surface area contributed by atoms with Crippen LogP contribution in [0, 0.1) is 46.3 Å². The SMILES string of the molecule is C[C@H](CCC(=O)Nc1cccc2ccccc12)[C@H]1CC[C@H]2[C@@H]3[C@H](O)C[C@@H]4C[C@H](NC(=O)CCCNC(=O)OC(C)(C)C)CC[C@]4(C)[C@H]3C[C@H](O)[C@]12C. The average Bonchev–Trinajstić information content (AvgIpc) is 3.44. The molecule has 0 radical (unpaired) electrons. The van der Waals surface area contributed by atoms with E-state index in [1.165, 1.54) is 0 Å². The molecular formula is C43H63N3O6. The summed E-state index contributed by atoms with van der Waals surface area (Å²) in [7, 11) is 0. The molecule has 2 aromatic rings. The second-order valence-corrected chi connectivity index (χ2v) is 18.3. The fourth-order valence-corrected chi connectivity index (χ4v) is 11.4. The molecule has 4 aliphatic rings. The molecule has 9 nitrogen and oxygen atoms in total. The van der Waals surface area contributed by atoms with E-state index in [1.807, 2.05) is 51.1 Å². The lowest BCUT2D eigenvalue weighted by Gasteiger charge is -2.63. The van der Waals surface area contributed by atoms with Gasteiger partial charge in [0.05, 0.1) is 12.2 Å². The van der Waals surface area contributed by atoms with Crippen molar-refractivity contribution in [3.8, 4) is 0 Å². The van der Waals surface area contributed by atoms with E-state index in [4.69, 9.17) is 4.74 Å². The number of fused-ring (bicyclic) bond motifs is 6. The first kappa shape index (κ1) is 38.6. The highest BCUT2D eigenvalue weighted by molar-refractivity contribution is 6.02. The van der Waals surface area contributed by atoms with Crippen molar-refractivity contribution < 1.29 is 29.3 Å². The molecule has 0 aromatic heterocycles. The minimum atomic E-state index is -0.558. The van der Waals surface area contributed by atoms with Gasteiger partial charge in [-0.3, -0.25) is 9.59 Å². The molecule has 0 spiro atoms. The number of aliphatic hydroxyl groups is 2. The van der Waals surface area contributed by atoms with Gasteiger partial charge in [-0.2, -0.15) is 0 Å². The molecule has 52 heavy (non-hydrogen) atoms. The van der Waals surface area contributed by atoms with Crippen LogP contribution in [0.1, 0.15) is 112 Å². The molecule has 4 fully saturated rings. The highest BCUT2D eigenvalue weighted by Crippen LogP contribution is 2.68. The van der Waals surface area contributed by atoms with Gasteiger partial charge in [-0.05, 0) is 136 Å². The number of benzene rings is 2. The van der Waals surface area contributed by atoms with Crippen molar-refractivity contribution >= 4 is 34.4 Å². The van der Waals surface area contributed by atoms with E-state index in [-0.39, 0.29) is 58.3 Å². The molecule has 0 saturated heterocycles. The van der Waals surface area contributed by atoms with Crippen molar-refractivity contribution in [3.63, 3.8) is 0 Å². The minimum absolute atomic E-state index is 0.00478. The lowest BCUT2D eigenvalue weighted by Crippen LogP contribution is -2.63. The zero-order chi connectivity index (χ0) is 37.4. The number of alkyl carbamates (subject to hydrolysis) is 1. The highest BCUT2D eigenvalue weighted by atomic mass is 16.6. The molecular weight excluding hydrogens is 654 g/mol. The van der Waals surface area contributed by atoms with Crippen molar-refractivity contribution in [2.45, 2.75) is 136 Å². The van der Waals surface area contributed by atoms with Crippen LogP contribution in [-0.4, -0.2) is 58.5 Å². The van der Waals surface area contributed by atoms with Crippen LogP contribution < -0.4 is 16.0 Å². The van der Waals surface area contributed by atoms with Gasteiger partial charge < -0.3 is 30.9 Å². The summed E-state index contributed by atoms with van der Waals surface area (Å²) in [6.07, 6.45) is 6.90. The van der Waals surface area contributed by atoms with E-state index in [0.717, 1.165) is 61.4 Å². The maximum absolute atomic E-state index is 13.2. The van der Waals surface area contributed by atoms with Crippen LogP contribution in [0.4, 0.5) is 10.5 Å². The minimum Gasteiger partial charge on any atom is -0.444 e. The predicted octanol–water partition coefficient (Wildman–Crippen LogP) is 7.58. The Labute approximate surface area is 310 Å². The molecule has 4 aliphatic carbocycles. The van der Waals surface area contributed by atoms with Gasteiger partial charge in [-0.15, -0.1) is 0 Å². The third kappa shape index (κ3) is 7.87.